The lowest BCUT2D eigenvalue weighted by molar-refractivity contribution is -0.112. The van der Waals surface area contributed by atoms with E-state index in [1.807, 2.05) is 6.07 Å². The van der Waals surface area contributed by atoms with Gasteiger partial charge in [-0.3, -0.25) is 4.79 Å². The Labute approximate surface area is 221 Å². The Morgan fingerprint density at radius 1 is 1.12 bits per heavy atom. The van der Waals surface area contributed by atoms with Crippen LogP contribution in [-0.2, 0) is 11.4 Å². The molecule has 0 fully saturated rings. The molecule has 0 atom stereocenters. The van der Waals surface area contributed by atoms with Crippen LogP contribution >= 0.6 is 68.4 Å². The first-order valence-electron chi connectivity index (χ1n) is 9.02. The van der Waals surface area contributed by atoms with Crippen molar-refractivity contribution in [3.05, 3.63) is 94.3 Å². The quantitative estimate of drug-likeness (QED) is 0.166. The molecule has 0 radical (unpaired) electrons. The maximum Gasteiger partial charge on any atom is 0.266 e. The molecular formula is C23H13Cl2FI2N2O2. The number of anilines is 1. The highest BCUT2D eigenvalue weighted by Gasteiger charge is 2.14. The highest BCUT2D eigenvalue weighted by atomic mass is 127. The fourth-order valence-electron chi connectivity index (χ4n) is 2.66. The molecule has 0 aromatic heterocycles. The van der Waals surface area contributed by atoms with E-state index in [1.165, 1.54) is 24.3 Å². The topological polar surface area (TPSA) is 62.1 Å². The molecule has 1 amide bonds. The number of halogens is 5. The summed E-state index contributed by atoms with van der Waals surface area (Å²) in [6.45, 7) is 0.256. The van der Waals surface area contributed by atoms with Gasteiger partial charge in [0.15, 0.2) is 0 Å². The van der Waals surface area contributed by atoms with Gasteiger partial charge < -0.3 is 10.1 Å². The molecule has 0 heterocycles. The van der Waals surface area contributed by atoms with Gasteiger partial charge in [0.1, 0.15) is 29.8 Å². The van der Waals surface area contributed by atoms with Crippen LogP contribution < -0.4 is 10.1 Å². The fraction of sp³-hybridized carbons (Fsp3) is 0.0435. The first-order chi connectivity index (χ1) is 15.3. The van der Waals surface area contributed by atoms with Crippen molar-refractivity contribution in [1.29, 1.82) is 5.26 Å². The van der Waals surface area contributed by atoms with E-state index in [1.54, 1.807) is 36.4 Å². The largest absolute Gasteiger partial charge is 0.487 e. The van der Waals surface area contributed by atoms with Gasteiger partial charge in [0.05, 0.1) is 12.8 Å². The van der Waals surface area contributed by atoms with E-state index < -0.39 is 11.7 Å². The van der Waals surface area contributed by atoms with Gasteiger partial charge in [0.2, 0.25) is 0 Å². The molecule has 3 aromatic carbocycles. The molecule has 3 aromatic rings. The van der Waals surface area contributed by atoms with Crippen LogP contribution in [0.3, 0.4) is 0 Å². The number of nitrogens with zero attached hydrogens (tertiary/aromatic N) is 1. The molecule has 1 N–H and O–H groups in total. The number of rotatable bonds is 6. The molecule has 0 aliphatic rings. The van der Waals surface area contributed by atoms with Crippen molar-refractivity contribution in [2.24, 2.45) is 0 Å². The first-order valence-corrected chi connectivity index (χ1v) is 11.9. The molecule has 0 aliphatic heterocycles. The third-order valence-corrected chi connectivity index (χ3v) is 6.40. The van der Waals surface area contributed by atoms with E-state index in [4.69, 9.17) is 27.9 Å². The van der Waals surface area contributed by atoms with Crippen molar-refractivity contribution in [3.8, 4) is 11.8 Å². The van der Waals surface area contributed by atoms with Gasteiger partial charge in [0.25, 0.3) is 5.91 Å². The Hall–Kier alpha value is -1.87. The summed E-state index contributed by atoms with van der Waals surface area (Å²) in [4.78, 5) is 12.4. The summed E-state index contributed by atoms with van der Waals surface area (Å²) in [5, 5.41) is 12.9. The number of amides is 1. The lowest BCUT2D eigenvalue weighted by atomic mass is 10.1. The minimum absolute atomic E-state index is 0.00687. The molecule has 3 rings (SSSR count). The summed E-state index contributed by atoms with van der Waals surface area (Å²) < 4.78 is 21.3. The number of nitrogens with one attached hydrogen (secondary N) is 1. The van der Waals surface area contributed by atoms with Gasteiger partial charge in [0, 0.05) is 15.6 Å². The second-order valence-corrected chi connectivity index (χ2v) is 9.61. The van der Waals surface area contributed by atoms with Crippen molar-refractivity contribution in [2.45, 2.75) is 6.61 Å². The third kappa shape index (κ3) is 6.34. The second kappa shape index (κ2) is 11.3. The van der Waals surface area contributed by atoms with E-state index in [-0.39, 0.29) is 17.9 Å². The molecule has 162 valence electrons. The minimum Gasteiger partial charge on any atom is -0.487 e. The van der Waals surface area contributed by atoms with Crippen LogP contribution in [0, 0.1) is 24.3 Å². The van der Waals surface area contributed by atoms with Crippen LogP contribution in [0.5, 0.6) is 5.75 Å². The number of benzene rings is 3. The molecule has 0 saturated carbocycles. The lowest BCUT2D eigenvalue weighted by Crippen LogP contribution is -2.14. The number of carbonyl (C=O) groups excluding carboxylic acids is 1. The zero-order valence-electron chi connectivity index (χ0n) is 16.1. The van der Waals surface area contributed by atoms with Crippen molar-refractivity contribution in [1.82, 2.24) is 0 Å². The summed E-state index contributed by atoms with van der Waals surface area (Å²) in [5.41, 5.74) is 1.29. The highest BCUT2D eigenvalue weighted by Crippen LogP contribution is 2.31. The summed E-state index contributed by atoms with van der Waals surface area (Å²) in [7, 11) is 0. The molecule has 0 aliphatic carbocycles. The highest BCUT2D eigenvalue weighted by molar-refractivity contribution is 14.1. The molecule has 32 heavy (non-hydrogen) atoms. The van der Waals surface area contributed by atoms with E-state index in [2.05, 4.69) is 50.5 Å². The van der Waals surface area contributed by atoms with E-state index in [0.29, 0.717) is 21.4 Å². The molecule has 0 saturated heterocycles. The minimum atomic E-state index is -0.694. The van der Waals surface area contributed by atoms with Gasteiger partial charge in [-0.1, -0.05) is 41.4 Å². The Bertz CT molecular complexity index is 1240. The predicted octanol–water partition coefficient (Wildman–Crippen LogP) is 7.47. The van der Waals surface area contributed by atoms with Crippen LogP contribution in [0.2, 0.25) is 10.0 Å². The monoisotopic (exact) mass is 692 g/mol. The Morgan fingerprint density at radius 3 is 2.44 bits per heavy atom. The SMILES string of the molecule is N#C/C(=C/c1cc(I)c(OCc2ccc(Cl)cc2Cl)c(I)c1)C(=O)Nc1ccccc1F. The van der Waals surface area contributed by atoms with Crippen LogP contribution in [0.25, 0.3) is 6.08 Å². The average molecular weight is 693 g/mol. The number of para-hydroxylation sites is 1. The van der Waals surface area contributed by atoms with Gasteiger partial charge in [-0.05, 0) is 93.2 Å². The summed E-state index contributed by atoms with van der Waals surface area (Å²) in [6.07, 6.45) is 1.44. The maximum atomic E-state index is 13.8. The standard InChI is InChI=1S/C23H13Cl2FI2N2O2/c24-16-6-5-14(17(25)10-16)12-32-22-19(27)8-13(9-20(22)28)7-15(11-29)23(31)30-21-4-2-1-3-18(21)26/h1-10H,12H2,(H,30,31)/b15-7-. The normalized spacial score (nSPS) is 11.1. The number of hydrogen-bond acceptors (Lipinski definition) is 3. The van der Waals surface area contributed by atoms with Crippen molar-refractivity contribution in [2.75, 3.05) is 5.32 Å². The van der Waals surface area contributed by atoms with Crippen molar-refractivity contribution in [3.63, 3.8) is 0 Å². The van der Waals surface area contributed by atoms with E-state index in [0.717, 1.165) is 12.7 Å². The smallest absolute Gasteiger partial charge is 0.266 e. The Kier molecular flexibility index (Phi) is 8.76. The number of hydrogen-bond donors (Lipinski definition) is 1. The summed E-state index contributed by atoms with van der Waals surface area (Å²) in [5.74, 6) is -0.617. The number of ether oxygens (including phenoxy) is 1. The van der Waals surface area contributed by atoms with Gasteiger partial charge in [-0.2, -0.15) is 5.26 Å². The van der Waals surface area contributed by atoms with E-state index in [9.17, 15) is 14.4 Å². The molecule has 0 unspecified atom stereocenters. The summed E-state index contributed by atoms with van der Waals surface area (Å²) >= 11 is 16.4. The first kappa shape index (κ1) is 24.8. The maximum absolute atomic E-state index is 13.8. The van der Waals surface area contributed by atoms with Gasteiger partial charge in [-0.15, -0.1) is 0 Å². The molecule has 4 nitrogen and oxygen atoms in total. The fourth-order valence-corrected chi connectivity index (χ4v) is 5.25. The van der Waals surface area contributed by atoms with Crippen LogP contribution in [-0.4, -0.2) is 5.91 Å². The Balaban J connectivity index is 1.79. The average Bonchev–Trinajstić information content (AvgIpc) is 2.74. The van der Waals surface area contributed by atoms with Gasteiger partial charge in [-0.25, -0.2) is 4.39 Å². The van der Waals surface area contributed by atoms with Crippen LogP contribution in [0.15, 0.2) is 60.2 Å². The predicted molar refractivity (Wildman–Crippen MR) is 141 cm³/mol. The zero-order chi connectivity index (χ0) is 23.3. The molecule has 9 heteroatoms. The number of nitriles is 1. The molecule has 0 spiro atoms. The lowest BCUT2D eigenvalue weighted by Gasteiger charge is -2.13. The van der Waals surface area contributed by atoms with Crippen LogP contribution in [0.1, 0.15) is 11.1 Å². The van der Waals surface area contributed by atoms with Crippen molar-refractivity contribution < 1.29 is 13.9 Å². The van der Waals surface area contributed by atoms with Gasteiger partial charge >= 0.3 is 0 Å². The molecule has 0 bridgehead atoms. The Morgan fingerprint density at radius 2 is 1.81 bits per heavy atom. The van der Waals surface area contributed by atoms with Crippen molar-refractivity contribution >= 4 is 86.1 Å². The third-order valence-electron chi connectivity index (χ3n) is 4.21. The second-order valence-electron chi connectivity index (χ2n) is 6.44. The van der Waals surface area contributed by atoms with E-state index >= 15 is 0 Å². The van der Waals surface area contributed by atoms with Crippen LogP contribution in [0.4, 0.5) is 10.1 Å². The molecular weight excluding hydrogens is 680 g/mol. The zero-order valence-corrected chi connectivity index (χ0v) is 22.0. The number of carbonyl (C=O) groups is 1. The summed E-state index contributed by atoms with van der Waals surface area (Å²) in [6, 6.07) is 16.4.